The minimum atomic E-state index is 0.477. The molecule has 0 radical (unpaired) electrons. The van der Waals surface area contributed by atoms with Gasteiger partial charge in [0, 0.05) is 6.54 Å². The van der Waals surface area contributed by atoms with E-state index in [1.54, 1.807) is 0 Å². The van der Waals surface area contributed by atoms with E-state index in [1.165, 1.54) is 32.1 Å². The van der Waals surface area contributed by atoms with Gasteiger partial charge in [0.15, 0.2) is 0 Å². The minimum absolute atomic E-state index is 0.477. The maximum absolute atomic E-state index is 5.74. The fraction of sp³-hybridized carbons (Fsp3) is 1.00. The van der Waals surface area contributed by atoms with Crippen molar-refractivity contribution in [1.82, 2.24) is 5.32 Å². The maximum atomic E-state index is 5.74. The van der Waals surface area contributed by atoms with Crippen LogP contribution in [0.2, 0.25) is 0 Å². The average Bonchev–Trinajstić information content (AvgIpc) is 2.57. The molecule has 2 atom stereocenters. The van der Waals surface area contributed by atoms with Crippen LogP contribution in [-0.4, -0.2) is 25.3 Å². The molecule has 1 N–H and O–H groups in total. The molecule has 0 saturated carbocycles. The lowest BCUT2D eigenvalue weighted by molar-refractivity contribution is 0.0561. The van der Waals surface area contributed by atoms with Crippen LogP contribution in [-0.2, 0) is 4.74 Å². The zero-order valence-electron chi connectivity index (χ0n) is 10.6. The Morgan fingerprint density at radius 3 is 2.67 bits per heavy atom. The smallest absolute Gasteiger partial charge is 0.0704 e. The molecule has 0 aromatic heterocycles. The van der Waals surface area contributed by atoms with Crippen LogP contribution >= 0.6 is 0 Å². The summed E-state index contributed by atoms with van der Waals surface area (Å²) in [5.74, 6) is 0.851. The summed E-state index contributed by atoms with van der Waals surface area (Å²) in [4.78, 5) is 0. The van der Waals surface area contributed by atoms with Crippen molar-refractivity contribution in [2.75, 3.05) is 13.1 Å². The predicted octanol–water partition coefficient (Wildman–Crippen LogP) is 2.97. The third-order valence-electron chi connectivity index (χ3n) is 3.08. The van der Waals surface area contributed by atoms with Crippen LogP contribution in [0.25, 0.3) is 0 Å². The molecule has 2 heteroatoms. The van der Waals surface area contributed by atoms with Crippen molar-refractivity contribution in [3.63, 3.8) is 0 Å². The molecule has 1 rings (SSSR count). The van der Waals surface area contributed by atoms with E-state index < -0.39 is 0 Å². The van der Waals surface area contributed by atoms with Crippen LogP contribution < -0.4 is 5.32 Å². The summed E-state index contributed by atoms with van der Waals surface area (Å²) in [6.07, 6.45) is 7.45. The minimum Gasteiger partial charge on any atom is -0.374 e. The molecule has 1 heterocycles. The van der Waals surface area contributed by atoms with Gasteiger partial charge in [0.2, 0.25) is 0 Å². The molecule has 0 aromatic carbocycles. The molecule has 15 heavy (non-hydrogen) atoms. The van der Waals surface area contributed by atoms with Gasteiger partial charge in [0.25, 0.3) is 0 Å². The molecule has 2 unspecified atom stereocenters. The number of nitrogens with one attached hydrogen (secondary N) is 1. The Bertz CT molecular complexity index is 159. The van der Waals surface area contributed by atoms with E-state index in [2.05, 4.69) is 26.1 Å². The predicted molar refractivity (Wildman–Crippen MR) is 65.1 cm³/mol. The molecule has 0 aromatic rings. The van der Waals surface area contributed by atoms with E-state index in [9.17, 15) is 0 Å². The van der Waals surface area contributed by atoms with Crippen LogP contribution in [0.4, 0.5) is 0 Å². The Balaban J connectivity index is 1.85. The van der Waals surface area contributed by atoms with Gasteiger partial charge in [-0.05, 0) is 38.6 Å². The Labute approximate surface area is 94.8 Å². The van der Waals surface area contributed by atoms with Gasteiger partial charge in [-0.1, -0.05) is 26.7 Å². The summed E-state index contributed by atoms with van der Waals surface area (Å²) >= 11 is 0. The molecule has 0 bridgehead atoms. The number of rotatable bonds is 7. The van der Waals surface area contributed by atoms with Crippen molar-refractivity contribution in [1.29, 1.82) is 0 Å². The lowest BCUT2D eigenvalue weighted by Gasteiger charge is -2.12. The number of hydrogen-bond donors (Lipinski definition) is 1. The van der Waals surface area contributed by atoms with Crippen molar-refractivity contribution < 1.29 is 4.74 Å². The highest BCUT2D eigenvalue weighted by molar-refractivity contribution is 4.72. The lowest BCUT2D eigenvalue weighted by atomic mass is 10.1. The molecular formula is C13H27NO. The lowest BCUT2D eigenvalue weighted by Crippen LogP contribution is -2.27. The Kier molecular flexibility index (Phi) is 6.26. The standard InChI is InChI=1S/C13H27NO/c1-11(2)6-4-5-9-14-10-13-8-7-12(3)15-13/h11-14H,4-10H2,1-3H3. The Morgan fingerprint density at radius 2 is 2.07 bits per heavy atom. The highest BCUT2D eigenvalue weighted by Crippen LogP contribution is 2.18. The van der Waals surface area contributed by atoms with Crippen molar-refractivity contribution >= 4 is 0 Å². The fourth-order valence-electron chi connectivity index (χ4n) is 2.10. The first-order valence-electron chi connectivity index (χ1n) is 6.54. The number of ether oxygens (including phenoxy) is 1. The van der Waals surface area contributed by atoms with Crippen molar-refractivity contribution in [3.05, 3.63) is 0 Å². The third-order valence-corrected chi connectivity index (χ3v) is 3.08. The Hall–Kier alpha value is -0.0800. The second-order valence-corrected chi connectivity index (χ2v) is 5.24. The summed E-state index contributed by atoms with van der Waals surface area (Å²) < 4.78 is 5.74. The molecule has 0 spiro atoms. The first kappa shape index (κ1) is 13.0. The summed E-state index contributed by atoms with van der Waals surface area (Å²) in [6.45, 7) is 8.96. The van der Waals surface area contributed by atoms with E-state index in [0.717, 1.165) is 19.0 Å². The third kappa shape index (κ3) is 6.16. The van der Waals surface area contributed by atoms with Gasteiger partial charge in [-0.15, -0.1) is 0 Å². The molecule has 1 fully saturated rings. The summed E-state index contributed by atoms with van der Waals surface area (Å²) in [5.41, 5.74) is 0. The van der Waals surface area contributed by atoms with Crippen LogP contribution in [0.3, 0.4) is 0 Å². The fourth-order valence-corrected chi connectivity index (χ4v) is 2.10. The van der Waals surface area contributed by atoms with E-state index >= 15 is 0 Å². The van der Waals surface area contributed by atoms with Crippen LogP contribution in [0.15, 0.2) is 0 Å². The molecule has 90 valence electrons. The molecule has 1 saturated heterocycles. The monoisotopic (exact) mass is 213 g/mol. The average molecular weight is 213 g/mol. The zero-order valence-corrected chi connectivity index (χ0v) is 10.6. The zero-order chi connectivity index (χ0) is 11.1. The van der Waals surface area contributed by atoms with Gasteiger partial charge in [0.05, 0.1) is 12.2 Å². The molecule has 2 nitrogen and oxygen atoms in total. The van der Waals surface area contributed by atoms with E-state index in [0.29, 0.717) is 12.2 Å². The molecule has 0 amide bonds. The number of unbranched alkanes of at least 4 members (excludes halogenated alkanes) is 1. The van der Waals surface area contributed by atoms with Gasteiger partial charge in [-0.2, -0.15) is 0 Å². The highest BCUT2D eigenvalue weighted by atomic mass is 16.5. The second kappa shape index (κ2) is 7.24. The normalized spacial score (nSPS) is 26.4. The van der Waals surface area contributed by atoms with Gasteiger partial charge in [-0.25, -0.2) is 0 Å². The quantitative estimate of drug-likeness (QED) is 0.656. The first-order valence-corrected chi connectivity index (χ1v) is 6.54. The molecule has 1 aliphatic heterocycles. The summed E-state index contributed by atoms with van der Waals surface area (Å²) in [5, 5.41) is 3.50. The largest absolute Gasteiger partial charge is 0.374 e. The summed E-state index contributed by atoms with van der Waals surface area (Å²) in [7, 11) is 0. The van der Waals surface area contributed by atoms with E-state index in [-0.39, 0.29) is 0 Å². The topological polar surface area (TPSA) is 21.3 Å². The Morgan fingerprint density at radius 1 is 1.27 bits per heavy atom. The van der Waals surface area contributed by atoms with Gasteiger partial charge < -0.3 is 10.1 Å². The molecule has 0 aliphatic carbocycles. The van der Waals surface area contributed by atoms with E-state index in [4.69, 9.17) is 4.74 Å². The first-order chi connectivity index (χ1) is 7.18. The van der Waals surface area contributed by atoms with Crippen LogP contribution in [0.5, 0.6) is 0 Å². The van der Waals surface area contributed by atoms with Gasteiger partial charge in [-0.3, -0.25) is 0 Å². The van der Waals surface area contributed by atoms with Gasteiger partial charge >= 0.3 is 0 Å². The summed E-state index contributed by atoms with van der Waals surface area (Å²) in [6, 6.07) is 0. The van der Waals surface area contributed by atoms with Crippen molar-refractivity contribution in [2.24, 2.45) is 5.92 Å². The van der Waals surface area contributed by atoms with Crippen LogP contribution in [0, 0.1) is 5.92 Å². The van der Waals surface area contributed by atoms with Crippen molar-refractivity contribution in [3.8, 4) is 0 Å². The van der Waals surface area contributed by atoms with Gasteiger partial charge in [0.1, 0.15) is 0 Å². The maximum Gasteiger partial charge on any atom is 0.0704 e. The SMILES string of the molecule is CC(C)CCCCNCC1CCC(C)O1. The molecular weight excluding hydrogens is 186 g/mol. The van der Waals surface area contributed by atoms with Crippen molar-refractivity contribution in [2.45, 2.75) is 65.1 Å². The second-order valence-electron chi connectivity index (χ2n) is 5.24. The number of hydrogen-bond acceptors (Lipinski definition) is 2. The molecule has 1 aliphatic rings. The van der Waals surface area contributed by atoms with Crippen LogP contribution in [0.1, 0.15) is 52.9 Å². The van der Waals surface area contributed by atoms with E-state index in [1.807, 2.05) is 0 Å². The highest BCUT2D eigenvalue weighted by Gasteiger charge is 2.20.